The van der Waals surface area contributed by atoms with Gasteiger partial charge in [-0.25, -0.2) is 4.79 Å². The second-order valence-electron chi connectivity index (χ2n) is 6.70. The predicted octanol–water partition coefficient (Wildman–Crippen LogP) is 2.08. The molecule has 0 radical (unpaired) electrons. The average Bonchev–Trinajstić information content (AvgIpc) is 3.23. The Morgan fingerprint density at radius 2 is 2.17 bits per heavy atom. The fourth-order valence-corrected chi connectivity index (χ4v) is 3.45. The van der Waals surface area contributed by atoms with E-state index < -0.39 is 0 Å². The number of carbonyl (C=O) groups excluding carboxylic acids is 1. The van der Waals surface area contributed by atoms with E-state index in [2.05, 4.69) is 15.5 Å². The Labute approximate surface area is 136 Å². The molecule has 128 valence electrons. The number of amides is 2. The minimum Gasteiger partial charge on any atom is -0.375 e. The molecule has 0 atom stereocenters. The molecule has 23 heavy (non-hydrogen) atoms. The summed E-state index contributed by atoms with van der Waals surface area (Å²) in [7, 11) is 1.62. The first-order valence-corrected chi connectivity index (χ1v) is 8.51. The Morgan fingerprint density at radius 1 is 1.43 bits per heavy atom. The van der Waals surface area contributed by atoms with E-state index in [9.17, 15) is 4.79 Å². The number of aromatic nitrogens is 2. The van der Waals surface area contributed by atoms with E-state index in [1.54, 1.807) is 7.11 Å². The van der Waals surface area contributed by atoms with Crippen molar-refractivity contribution in [3.63, 3.8) is 0 Å². The van der Waals surface area contributed by atoms with Crippen LogP contribution in [0.4, 0.5) is 4.79 Å². The van der Waals surface area contributed by atoms with Gasteiger partial charge in [0.05, 0.1) is 0 Å². The molecule has 3 rings (SSSR count). The van der Waals surface area contributed by atoms with E-state index in [1.165, 1.54) is 12.8 Å². The van der Waals surface area contributed by atoms with Gasteiger partial charge in [0.2, 0.25) is 0 Å². The fraction of sp³-hybridized carbons (Fsp3) is 0.812. The molecule has 1 aromatic heterocycles. The highest BCUT2D eigenvalue weighted by Crippen LogP contribution is 2.46. The Hall–Kier alpha value is -1.63. The molecule has 1 aliphatic heterocycles. The summed E-state index contributed by atoms with van der Waals surface area (Å²) in [4.78, 5) is 18.5. The molecule has 0 spiro atoms. The zero-order valence-electron chi connectivity index (χ0n) is 14.0. The van der Waals surface area contributed by atoms with Gasteiger partial charge in [-0.3, -0.25) is 0 Å². The summed E-state index contributed by atoms with van der Waals surface area (Å²) in [5.41, 5.74) is -0.0559. The van der Waals surface area contributed by atoms with Crippen LogP contribution in [0.1, 0.15) is 50.7 Å². The number of ether oxygens (including phenoxy) is 1. The number of hydrogen-bond acceptors (Lipinski definition) is 5. The van der Waals surface area contributed by atoms with Crippen LogP contribution in [0.25, 0.3) is 0 Å². The maximum absolute atomic E-state index is 12.0. The lowest BCUT2D eigenvalue weighted by atomic mass is 9.73. The Bertz CT molecular complexity index is 533. The van der Waals surface area contributed by atoms with Crippen molar-refractivity contribution in [2.24, 2.45) is 5.92 Å². The zero-order chi connectivity index (χ0) is 16.3. The van der Waals surface area contributed by atoms with Crippen LogP contribution < -0.4 is 5.32 Å². The minimum absolute atomic E-state index is 0.0284. The number of likely N-dealkylation sites (tertiary alicyclic amines) is 1. The van der Waals surface area contributed by atoms with Crippen molar-refractivity contribution in [3.05, 3.63) is 11.7 Å². The molecule has 2 amide bonds. The van der Waals surface area contributed by atoms with E-state index in [0.717, 1.165) is 44.1 Å². The highest BCUT2D eigenvalue weighted by molar-refractivity contribution is 5.74. The molecule has 1 saturated heterocycles. The topological polar surface area (TPSA) is 80.5 Å². The Kier molecular flexibility index (Phi) is 4.84. The summed E-state index contributed by atoms with van der Waals surface area (Å²) < 4.78 is 10.4. The smallest absolute Gasteiger partial charge is 0.317 e. The molecule has 2 fully saturated rings. The number of nitrogens with one attached hydrogen (secondary N) is 1. The maximum Gasteiger partial charge on any atom is 0.317 e. The van der Waals surface area contributed by atoms with Gasteiger partial charge < -0.3 is 19.5 Å². The van der Waals surface area contributed by atoms with E-state index in [4.69, 9.17) is 9.26 Å². The van der Waals surface area contributed by atoms with Gasteiger partial charge in [0, 0.05) is 32.2 Å². The predicted molar refractivity (Wildman–Crippen MR) is 83.9 cm³/mol. The van der Waals surface area contributed by atoms with Gasteiger partial charge in [-0.1, -0.05) is 18.0 Å². The molecule has 0 bridgehead atoms. The summed E-state index contributed by atoms with van der Waals surface area (Å²) in [6.07, 6.45) is 5.48. The molecule has 1 saturated carbocycles. The lowest BCUT2D eigenvalue weighted by Crippen LogP contribution is -2.49. The highest BCUT2D eigenvalue weighted by atomic mass is 16.5. The van der Waals surface area contributed by atoms with Crippen LogP contribution >= 0.6 is 0 Å². The Morgan fingerprint density at radius 3 is 2.78 bits per heavy atom. The lowest BCUT2D eigenvalue weighted by molar-refractivity contribution is 0.143. The normalized spacial score (nSPS) is 20.5. The molecule has 7 nitrogen and oxygen atoms in total. The van der Waals surface area contributed by atoms with E-state index >= 15 is 0 Å². The number of piperidine rings is 1. The van der Waals surface area contributed by atoms with Crippen LogP contribution in [-0.2, 0) is 16.8 Å². The van der Waals surface area contributed by atoms with Crippen molar-refractivity contribution in [2.45, 2.75) is 51.0 Å². The third kappa shape index (κ3) is 3.65. The van der Waals surface area contributed by atoms with Crippen LogP contribution in [-0.4, -0.2) is 47.8 Å². The van der Waals surface area contributed by atoms with Gasteiger partial charge in [0.1, 0.15) is 6.61 Å². The molecule has 0 unspecified atom stereocenters. The SMILES string of the molecule is CCNC(=O)N1CCC(CC2CC2)(c2noc(COC)n2)CC1. The van der Waals surface area contributed by atoms with Crippen molar-refractivity contribution in [1.82, 2.24) is 20.4 Å². The van der Waals surface area contributed by atoms with E-state index in [0.29, 0.717) is 19.0 Å². The van der Waals surface area contributed by atoms with Crippen LogP contribution in [0, 0.1) is 5.92 Å². The van der Waals surface area contributed by atoms with Crippen molar-refractivity contribution in [1.29, 1.82) is 0 Å². The summed E-state index contributed by atoms with van der Waals surface area (Å²) in [5.74, 6) is 2.10. The second-order valence-corrected chi connectivity index (χ2v) is 6.70. The van der Waals surface area contributed by atoms with Crippen molar-refractivity contribution >= 4 is 6.03 Å². The zero-order valence-corrected chi connectivity index (χ0v) is 14.0. The lowest BCUT2D eigenvalue weighted by Gasteiger charge is -2.40. The maximum atomic E-state index is 12.0. The number of urea groups is 1. The second kappa shape index (κ2) is 6.86. The molecule has 7 heteroatoms. The summed E-state index contributed by atoms with van der Waals surface area (Å²) in [5, 5.41) is 7.11. The highest BCUT2D eigenvalue weighted by Gasteiger charge is 2.44. The number of methoxy groups -OCH3 is 1. The standard InChI is InChI=1S/C16H26N4O3/c1-3-17-15(21)20-8-6-16(7-9-20,10-12-4-5-12)14-18-13(11-22-2)23-19-14/h12H,3-11H2,1-2H3,(H,17,21). The molecule has 2 aliphatic rings. The molecule has 1 aliphatic carbocycles. The number of nitrogens with zero attached hydrogens (tertiary/aromatic N) is 3. The first-order chi connectivity index (χ1) is 11.2. The minimum atomic E-state index is -0.0559. The van der Waals surface area contributed by atoms with E-state index in [-0.39, 0.29) is 11.4 Å². The first-order valence-electron chi connectivity index (χ1n) is 8.51. The van der Waals surface area contributed by atoms with E-state index in [1.807, 2.05) is 11.8 Å². The third-order valence-corrected chi connectivity index (χ3v) is 4.92. The molecule has 1 N–H and O–H groups in total. The monoisotopic (exact) mass is 322 g/mol. The van der Waals surface area contributed by atoms with Gasteiger partial charge in [-0.2, -0.15) is 4.98 Å². The van der Waals surface area contributed by atoms with Crippen molar-refractivity contribution in [3.8, 4) is 0 Å². The summed E-state index contributed by atoms with van der Waals surface area (Å²) >= 11 is 0. The third-order valence-electron chi connectivity index (χ3n) is 4.92. The van der Waals surface area contributed by atoms with Crippen molar-refractivity contribution < 1.29 is 14.1 Å². The summed E-state index contributed by atoms with van der Waals surface area (Å²) in [6.45, 7) is 4.43. The molecular weight excluding hydrogens is 296 g/mol. The first kappa shape index (κ1) is 16.2. The summed E-state index contributed by atoms with van der Waals surface area (Å²) in [6, 6.07) is 0.0284. The van der Waals surface area contributed by atoms with Gasteiger partial charge >= 0.3 is 6.03 Å². The largest absolute Gasteiger partial charge is 0.375 e. The number of rotatable bonds is 6. The number of hydrogen-bond donors (Lipinski definition) is 1. The van der Waals surface area contributed by atoms with Crippen LogP contribution in [0.3, 0.4) is 0 Å². The van der Waals surface area contributed by atoms with Crippen LogP contribution in [0.5, 0.6) is 0 Å². The van der Waals surface area contributed by atoms with Crippen LogP contribution in [0.15, 0.2) is 4.52 Å². The van der Waals surface area contributed by atoms with Gasteiger partial charge in [0.15, 0.2) is 5.82 Å². The average molecular weight is 322 g/mol. The number of carbonyl (C=O) groups is 1. The quantitative estimate of drug-likeness (QED) is 0.867. The molecular formula is C16H26N4O3. The molecule has 2 heterocycles. The molecule has 1 aromatic rings. The van der Waals surface area contributed by atoms with Gasteiger partial charge in [-0.05, 0) is 32.1 Å². The van der Waals surface area contributed by atoms with Gasteiger partial charge in [-0.15, -0.1) is 0 Å². The van der Waals surface area contributed by atoms with Crippen molar-refractivity contribution in [2.75, 3.05) is 26.7 Å². The molecule has 0 aromatic carbocycles. The van der Waals surface area contributed by atoms with Crippen LogP contribution in [0.2, 0.25) is 0 Å². The fourth-order valence-electron chi connectivity index (χ4n) is 3.45. The van der Waals surface area contributed by atoms with Gasteiger partial charge in [0.25, 0.3) is 5.89 Å². The Balaban J connectivity index is 1.72.